The predicted molar refractivity (Wildman–Crippen MR) is 114 cm³/mol. The Balaban J connectivity index is 1.40. The number of rotatable bonds is 7. The minimum atomic E-state index is -0.108. The summed E-state index contributed by atoms with van der Waals surface area (Å²) in [6.45, 7) is 0.452. The summed E-state index contributed by atoms with van der Waals surface area (Å²) in [5.41, 5.74) is 2.38. The monoisotopic (exact) mass is 423 g/mol. The lowest BCUT2D eigenvalue weighted by atomic mass is 10.2. The molecule has 2 aromatic heterocycles. The number of hydrogen-bond acceptors (Lipinski definition) is 5. The Bertz CT molecular complexity index is 1130. The van der Waals surface area contributed by atoms with Gasteiger partial charge < -0.3 is 5.32 Å². The van der Waals surface area contributed by atoms with E-state index in [4.69, 9.17) is 11.6 Å². The first-order valence-corrected chi connectivity index (χ1v) is 10.5. The van der Waals surface area contributed by atoms with Gasteiger partial charge in [-0.2, -0.15) is 9.61 Å². The second-order valence-electron chi connectivity index (χ2n) is 6.31. The summed E-state index contributed by atoms with van der Waals surface area (Å²) in [4.78, 5) is 12.2. The molecule has 0 unspecified atom stereocenters. The molecule has 0 radical (unpaired) electrons. The first-order valence-electron chi connectivity index (χ1n) is 9.11. The van der Waals surface area contributed by atoms with Crippen LogP contribution in [0.4, 0.5) is 0 Å². The van der Waals surface area contributed by atoms with Gasteiger partial charge in [-0.1, -0.05) is 59.8 Å². The number of nitrogens with zero attached hydrogens (tertiary/aromatic N) is 4. The standard InChI is InChI=1S/C21H18ClN5OS/c22-17-9-5-4-8-16(17)14-29-20-11-10-18-24-25-19(27(18)26-20)12-13-23-21(28)15-6-2-1-3-7-15/h1-11H,12-14H2,(H,23,28). The Labute approximate surface area is 177 Å². The molecule has 29 heavy (non-hydrogen) atoms. The largest absolute Gasteiger partial charge is 0.352 e. The maximum absolute atomic E-state index is 12.2. The Morgan fingerprint density at radius 3 is 2.62 bits per heavy atom. The molecule has 0 bridgehead atoms. The number of amides is 1. The van der Waals surface area contributed by atoms with Crippen molar-refractivity contribution in [2.45, 2.75) is 17.2 Å². The van der Waals surface area contributed by atoms with Crippen LogP contribution in [0.1, 0.15) is 21.7 Å². The van der Waals surface area contributed by atoms with Crippen LogP contribution in [0.3, 0.4) is 0 Å². The van der Waals surface area contributed by atoms with Crippen molar-refractivity contribution < 1.29 is 4.79 Å². The highest BCUT2D eigenvalue weighted by atomic mass is 35.5. The SMILES string of the molecule is O=C(NCCc1nnc2ccc(SCc3ccccc3Cl)nn12)c1ccccc1. The van der Waals surface area contributed by atoms with E-state index < -0.39 is 0 Å². The van der Waals surface area contributed by atoms with Crippen molar-refractivity contribution in [2.24, 2.45) is 0 Å². The zero-order valence-electron chi connectivity index (χ0n) is 15.5. The first-order chi connectivity index (χ1) is 14.2. The van der Waals surface area contributed by atoms with Crippen molar-refractivity contribution in [3.63, 3.8) is 0 Å². The Morgan fingerprint density at radius 1 is 1.00 bits per heavy atom. The van der Waals surface area contributed by atoms with Crippen LogP contribution in [0.5, 0.6) is 0 Å². The maximum atomic E-state index is 12.2. The molecule has 0 fully saturated rings. The molecule has 0 saturated carbocycles. The molecule has 146 valence electrons. The molecule has 0 aliphatic heterocycles. The van der Waals surface area contributed by atoms with Crippen LogP contribution in [0.25, 0.3) is 5.65 Å². The minimum Gasteiger partial charge on any atom is -0.352 e. The first kappa shape index (κ1) is 19.4. The van der Waals surface area contributed by atoms with Gasteiger partial charge in [-0.25, -0.2) is 0 Å². The summed E-state index contributed by atoms with van der Waals surface area (Å²) >= 11 is 7.83. The number of fused-ring (bicyclic) bond motifs is 1. The van der Waals surface area contributed by atoms with Gasteiger partial charge in [-0.05, 0) is 35.9 Å². The van der Waals surface area contributed by atoms with Gasteiger partial charge in [0.1, 0.15) is 5.03 Å². The highest BCUT2D eigenvalue weighted by Crippen LogP contribution is 2.25. The summed E-state index contributed by atoms with van der Waals surface area (Å²) in [7, 11) is 0. The normalized spacial score (nSPS) is 10.9. The van der Waals surface area contributed by atoms with Crippen LogP contribution in [-0.4, -0.2) is 32.3 Å². The molecule has 6 nitrogen and oxygen atoms in total. The average molecular weight is 424 g/mol. The highest BCUT2D eigenvalue weighted by molar-refractivity contribution is 7.98. The molecule has 1 amide bonds. The number of halogens is 1. The molecule has 1 N–H and O–H groups in total. The van der Waals surface area contributed by atoms with Gasteiger partial charge in [0.15, 0.2) is 11.5 Å². The van der Waals surface area contributed by atoms with Crippen LogP contribution < -0.4 is 5.32 Å². The van der Waals surface area contributed by atoms with E-state index in [1.54, 1.807) is 28.4 Å². The molecule has 2 heterocycles. The molecule has 4 aromatic rings. The minimum absolute atomic E-state index is 0.108. The lowest BCUT2D eigenvalue weighted by Gasteiger charge is -2.06. The van der Waals surface area contributed by atoms with Gasteiger partial charge >= 0.3 is 0 Å². The Hall–Kier alpha value is -2.90. The molecule has 0 aliphatic rings. The maximum Gasteiger partial charge on any atom is 0.251 e. The van der Waals surface area contributed by atoms with Crippen molar-refractivity contribution in [3.05, 3.63) is 88.7 Å². The molecule has 0 spiro atoms. The van der Waals surface area contributed by atoms with E-state index in [9.17, 15) is 4.79 Å². The smallest absolute Gasteiger partial charge is 0.251 e. The summed E-state index contributed by atoms with van der Waals surface area (Å²) < 4.78 is 1.73. The zero-order valence-corrected chi connectivity index (χ0v) is 17.0. The van der Waals surface area contributed by atoms with Crippen LogP contribution in [0.2, 0.25) is 5.02 Å². The van der Waals surface area contributed by atoms with E-state index in [0.29, 0.717) is 30.0 Å². The van der Waals surface area contributed by atoms with Crippen LogP contribution in [0.15, 0.2) is 71.8 Å². The molecular weight excluding hydrogens is 406 g/mol. The van der Waals surface area contributed by atoms with Crippen molar-refractivity contribution in [2.75, 3.05) is 6.54 Å². The third-order valence-corrected chi connectivity index (χ3v) is 5.64. The number of benzene rings is 2. The van der Waals surface area contributed by atoms with Crippen LogP contribution in [-0.2, 0) is 12.2 Å². The van der Waals surface area contributed by atoms with Crippen molar-refractivity contribution >= 4 is 34.9 Å². The lowest BCUT2D eigenvalue weighted by Crippen LogP contribution is -2.26. The molecule has 0 saturated heterocycles. The Morgan fingerprint density at radius 2 is 1.79 bits per heavy atom. The third kappa shape index (κ3) is 4.75. The average Bonchev–Trinajstić information content (AvgIpc) is 3.16. The third-order valence-electron chi connectivity index (χ3n) is 4.31. The quantitative estimate of drug-likeness (QED) is 0.454. The summed E-state index contributed by atoms with van der Waals surface area (Å²) in [6, 6.07) is 20.7. The van der Waals surface area contributed by atoms with E-state index in [-0.39, 0.29) is 5.91 Å². The fourth-order valence-corrected chi connectivity index (χ4v) is 3.94. The van der Waals surface area contributed by atoms with Gasteiger partial charge in [0.2, 0.25) is 0 Å². The van der Waals surface area contributed by atoms with E-state index >= 15 is 0 Å². The Kier molecular flexibility index (Phi) is 6.07. The van der Waals surface area contributed by atoms with E-state index in [1.807, 2.05) is 54.6 Å². The van der Waals surface area contributed by atoms with Crippen molar-refractivity contribution in [1.82, 2.24) is 25.1 Å². The van der Waals surface area contributed by atoms with Gasteiger partial charge in [0, 0.05) is 29.3 Å². The molecular formula is C21H18ClN5OS. The van der Waals surface area contributed by atoms with E-state index in [1.165, 1.54) is 0 Å². The van der Waals surface area contributed by atoms with E-state index in [2.05, 4.69) is 20.6 Å². The summed E-state index contributed by atoms with van der Waals surface area (Å²) in [6.07, 6.45) is 0.533. The van der Waals surface area contributed by atoms with Gasteiger partial charge in [-0.15, -0.1) is 10.2 Å². The fourth-order valence-electron chi connectivity index (χ4n) is 2.80. The second kappa shape index (κ2) is 9.07. The van der Waals surface area contributed by atoms with Crippen LogP contribution >= 0.6 is 23.4 Å². The molecule has 0 aliphatic carbocycles. The van der Waals surface area contributed by atoms with Crippen molar-refractivity contribution in [3.8, 4) is 0 Å². The van der Waals surface area contributed by atoms with Gasteiger partial charge in [0.25, 0.3) is 5.91 Å². The molecule has 4 rings (SSSR count). The molecule has 0 atom stereocenters. The van der Waals surface area contributed by atoms with Crippen molar-refractivity contribution in [1.29, 1.82) is 0 Å². The zero-order chi connectivity index (χ0) is 20.1. The molecule has 2 aromatic carbocycles. The predicted octanol–water partition coefficient (Wildman–Crippen LogP) is 4.04. The van der Waals surface area contributed by atoms with Gasteiger partial charge in [0.05, 0.1) is 0 Å². The van der Waals surface area contributed by atoms with Crippen LogP contribution in [0, 0.1) is 0 Å². The van der Waals surface area contributed by atoms with E-state index in [0.717, 1.165) is 21.4 Å². The highest BCUT2D eigenvalue weighted by Gasteiger charge is 2.10. The number of carbonyl (C=O) groups is 1. The number of carbonyl (C=O) groups excluding carboxylic acids is 1. The lowest BCUT2D eigenvalue weighted by molar-refractivity contribution is 0.0954. The second-order valence-corrected chi connectivity index (χ2v) is 7.71. The number of aromatic nitrogens is 4. The topological polar surface area (TPSA) is 72.2 Å². The fraction of sp³-hybridized carbons (Fsp3) is 0.143. The summed E-state index contributed by atoms with van der Waals surface area (Å²) in [5.74, 6) is 1.32. The summed E-state index contributed by atoms with van der Waals surface area (Å²) in [5, 5.41) is 17.5. The number of hydrogen-bond donors (Lipinski definition) is 1. The van der Waals surface area contributed by atoms with Gasteiger partial charge in [-0.3, -0.25) is 4.79 Å². The number of nitrogens with one attached hydrogen (secondary N) is 1. The number of thioether (sulfide) groups is 1. The molecule has 8 heteroatoms.